The number of nitrogens with zero attached hydrogens (tertiary/aromatic N) is 1. The van der Waals surface area contributed by atoms with E-state index in [1.165, 1.54) is 4.31 Å². The van der Waals surface area contributed by atoms with E-state index in [0.29, 0.717) is 0 Å². The van der Waals surface area contributed by atoms with Gasteiger partial charge in [0.1, 0.15) is 0 Å². The molecule has 1 aromatic carbocycles. The fraction of sp³-hybridized carbons (Fsp3) is 0.538. The Morgan fingerprint density at radius 1 is 1.38 bits per heavy atom. The van der Waals surface area contributed by atoms with Crippen molar-refractivity contribution in [1.82, 2.24) is 4.31 Å². The van der Waals surface area contributed by atoms with Gasteiger partial charge in [0.25, 0.3) is 0 Å². The highest BCUT2D eigenvalue weighted by atomic mass is 32.2. The molecule has 1 aromatic rings. The van der Waals surface area contributed by atoms with Crippen molar-refractivity contribution in [2.24, 2.45) is 5.73 Å². The van der Waals surface area contributed by atoms with Crippen molar-refractivity contribution in [3.05, 3.63) is 29.3 Å². The third kappa shape index (κ3) is 3.28. The zero-order chi connectivity index (χ0) is 15.8. The van der Waals surface area contributed by atoms with Crippen molar-refractivity contribution in [2.75, 3.05) is 18.1 Å². The van der Waals surface area contributed by atoms with E-state index in [4.69, 9.17) is 5.73 Å². The van der Waals surface area contributed by atoms with Crippen LogP contribution in [0.1, 0.15) is 18.1 Å². The summed E-state index contributed by atoms with van der Waals surface area (Å²) in [5.41, 5.74) is 7.32. The molecule has 0 radical (unpaired) electrons. The number of nitrogens with two attached hydrogens (primary N) is 1. The first kappa shape index (κ1) is 16.4. The number of sulfone groups is 1. The van der Waals surface area contributed by atoms with Crippen LogP contribution in [0, 0.1) is 6.92 Å². The smallest absolute Gasteiger partial charge is 0.243 e. The third-order valence-corrected chi connectivity index (χ3v) is 7.56. The first-order chi connectivity index (χ1) is 9.67. The molecule has 0 bridgehead atoms. The molecule has 2 rings (SSSR count). The molecule has 1 heterocycles. The van der Waals surface area contributed by atoms with Gasteiger partial charge in [-0.05, 0) is 37.1 Å². The summed E-state index contributed by atoms with van der Waals surface area (Å²) >= 11 is 0. The number of hydrogen-bond acceptors (Lipinski definition) is 5. The van der Waals surface area contributed by atoms with Gasteiger partial charge in [-0.15, -0.1) is 0 Å². The van der Waals surface area contributed by atoms with Gasteiger partial charge in [0.15, 0.2) is 9.84 Å². The summed E-state index contributed by atoms with van der Waals surface area (Å²) in [5, 5.41) is 0. The quantitative estimate of drug-likeness (QED) is 0.856. The zero-order valence-corrected chi connectivity index (χ0v) is 13.7. The average Bonchev–Trinajstić information content (AvgIpc) is 2.37. The standard InChI is InChI=1S/C13H20N2O4S2/c1-10-3-4-13(7-12(10)8-14)21(18,19)15-5-6-20(16,17)9-11(15)2/h3-4,7,11H,5-6,8-9,14H2,1-2H3. The summed E-state index contributed by atoms with van der Waals surface area (Å²) in [5.74, 6) is -0.270. The van der Waals surface area contributed by atoms with Crippen LogP contribution < -0.4 is 5.73 Å². The van der Waals surface area contributed by atoms with Gasteiger partial charge in [-0.25, -0.2) is 16.8 Å². The second kappa shape index (κ2) is 5.68. The number of rotatable bonds is 3. The Balaban J connectivity index is 2.39. The van der Waals surface area contributed by atoms with Crippen LogP contribution in [0.4, 0.5) is 0 Å². The van der Waals surface area contributed by atoms with E-state index in [9.17, 15) is 16.8 Å². The summed E-state index contributed by atoms with van der Waals surface area (Å²) in [4.78, 5) is 0.166. The Morgan fingerprint density at radius 3 is 2.62 bits per heavy atom. The third-order valence-electron chi connectivity index (χ3n) is 3.76. The molecule has 2 N–H and O–H groups in total. The minimum Gasteiger partial charge on any atom is -0.326 e. The highest BCUT2D eigenvalue weighted by molar-refractivity contribution is 7.92. The van der Waals surface area contributed by atoms with Crippen LogP contribution in [0.5, 0.6) is 0 Å². The van der Waals surface area contributed by atoms with E-state index in [1.54, 1.807) is 25.1 Å². The van der Waals surface area contributed by atoms with E-state index in [2.05, 4.69) is 0 Å². The van der Waals surface area contributed by atoms with E-state index in [-0.39, 0.29) is 29.5 Å². The Labute approximate surface area is 125 Å². The summed E-state index contributed by atoms with van der Waals surface area (Å²) < 4.78 is 49.8. The van der Waals surface area contributed by atoms with Crippen molar-refractivity contribution >= 4 is 19.9 Å². The summed E-state index contributed by atoms with van der Waals surface area (Å²) in [6, 6.07) is 4.27. The molecule has 1 fully saturated rings. The van der Waals surface area contributed by atoms with Crippen LogP contribution in [0.3, 0.4) is 0 Å². The van der Waals surface area contributed by atoms with E-state index in [1.807, 2.05) is 6.92 Å². The van der Waals surface area contributed by atoms with Gasteiger partial charge < -0.3 is 5.73 Å². The van der Waals surface area contributed by atoms with Crippen LogP contribution in [-0.4, -0.2) is 45.2 Å². The maximum Gasteiger partial charge on any atom is 0.243 e. The lowest BCUT2D eigenvalue weighted by molar-refractivity contribution is 0.357. The molecule has 1 atom stereocenters. The number of benzene rings is 1. The monoisotopic (exact) mass is 332 g/mol. The van der Waals surface area contributed by atoms with Crippen LogP contribution in [0.2, 0.25) is 0 Å². The number of hydrogen-bond donors (Lipinski definition) is 1. The molecule has 1 unspecified atom stereocenters. The fourth-order valence-corrected chi connectivity index (χ4v) is 5.95. The van der Waals surface area contributed by atoms with E-state index >= 15 is 0 Å². The van der Waals surface area contributed by atoms with Crippen LogP contribution >= 0.6 is 0 Å². The van der Waals surface area contributed by atoms with Crippen molar-refractivity contribution in [3.8, 4) is 0 Å². The lowest BCUT2D eigenvalue weighted by atomic mass is 10.1. The Morgan fingerprint density at radius 2 is 2.05 bits per heavy atom. The second-order valence-electron chi connectivity index (χ2n) is 5.37. The maximum absolute atomic E-state index is 12.7. The molecule has 6 nitrogen and oxygen atoms in total. The topological polar surface area (TPSA) is 97.5 Å². The lowest BCUT2D eigenvalue weighted by Crippen LogP contribution is -2.49. The molecule has 118 valence electrons. The zero-order valence-electron chi connectivity index (χ0n) is 12.1. The van der Waals surface area contributed by atoms with Gasteiger partial charge in [0.05, 0.1) is 16.4 Å². The first-order valence-corrected chi connectivity index (χ1v) is 9.95. The van der Waals surface area contributed by atoms with Crippen molar-refractivity contribution in [1.29, 1.82) is 0 Å². The summed E-state index contributed by atoms with van der Waals surface area (Å²) in [6.45, 7) is 3.75. The molecule has 0 aromatic heterocycles. The van der Waals surface area contributed by atoms with Crippen LogP contribution in [0.25, 0.3) is 0 Å². The predicted molar refractivity (Wildman–Crippen MR) is 81.1 cm³/mol. The highest BCUT2D eigenvalue weighted by Gasteiger charge is 2.36. The molecule has 0 saturated carbocycles. The highest BCUT2D eigenvalue weighted by Crippen LogP contribution is 2.24. The molecular formula is C13H20N2O4S2. The van der Waals surface area contributed by atoms with Crippen molar-refractivity contribution in [2.45, 2.75) is 31.3 Å². The predicted octanol–water partition coefficient (Wildman–Crippen LogP) is 0.261. The van der Waals surface area contributed by atoms with Crippen LogP contribution in [0.15, 0.2) is 23.1 Å². The summed E-state index contributed by atoms with van der Waals surface area (Å²) in [6.07, 6.45) is 0. The SMILES string of the molecule is Cc1ccc(S(=O)(=O)N2CCS(=O)(=O)CC2C)cc1CN. The first-order valence-electron chi connectivity index (χ1n) is 6.69. The minimum absolute atomic E-state index is 0.00231. The minimum atomic E-state index is -3.70. The van der Waals surface area contributed by atoms with Crippen molar-refractivity contribution < 1.29 is 16.8 Å². The van der Waals surface area contributed by atoms with Gasteiger partial charge in [-0.1, -0.05) is 6.07 Å². The summed E-state index contributed by atoms with van der Waals surface area (Å²) in [7, 11) is -6.85. The lowest BCUT2D eigenvalue weighted by Gasteiger charge is -2.32. The molecule has 21 heavy (non-hydrogen) atoms. The van der Waals surface area contributed by atoms with Crippen molar-refractivity contribution in [3.63, 3.8) is 0 Å². The van der Waals surface area contributed by atoms with Gasteiger partial charge in [0, 0.05) is 19.1 Å². The van der Waals surface area contributed by atoms with Gasteiger partial charge in [-0.3, -0.25) is 0 Å². The maximum atomic E-state index is 12.7. The fourth-order valence-electron chi connectivity index (χ4n) is 2.50. The molecular weight excluding hydrogens is 312 g/mol. The van der Waals surface area contributed by atoms with Gasteiger partial charge in [0.2, 0.25) is 10.0 Å². The molecule has 0 amide bonds. The molecule has 1 aliphatic rings. The van der Waals surface area contributed by atoms with Crippen LogP contribution in [-0.2, 0) is 26.4 Å². The second-order valence-corrected chi connectivity index (χ2v) is 9.49. The molecule has 0 aliphatic carbocycles. The molecule has 0 spiro atoms. The molecule has 8 heteroatoms. The van der Waals surface area contributed by atoms with Gasteiger partial charge in [-0.2, -0.15) is 4.31 Å². The van der Waals surface area contributed by atoms with Gasteiger partial charge >= 0.3 is 0 Å². The number of aryl methyl sites for hydroxylation is 1. The normalized spacial score (nSPS) is 23.1. The molecule has 1 aliphatic heterocycles. The molecule has 1 saturated heterocycles. The Hall–Kier alpha value is -0.960. The largest absolute Gasteiger partial charge is 0.326 e. The Kier molecular flexibility index (Phi) is 4.44. The Bertz CT molecular complexity index is 741. The number of sulfonamides is 1. The van der Waals surface area contributed by atoms with E-state index < -0.39 is 25.9 Å². The van der Waals surface area contributed by atoms with E-state index in [0.717, 1.165) is 11.1 Å². The average molecular weight is 332 g/mol.